The van der Waals surface area contributed by atoms with Crippen molar-refractivity contribution in [2.45, 2.75) is 6.92 Å². The van der Waals surface area contributed by atoms with Crippen LogP contribution in [0, 0.1) is 6.92 Å². The number of aryl methyl sites for hydroxylation is 1. The molecule has 2 heterocycles. The maximum absolute atomic E-state index is 11.0. The summed E-state index contributed by atoms with van der Waals surface area (Å²) in [5.74, 6) is 0. The Morgan fingerprint density at radius 3 is 3.18 bits per heavy atom. The largest absolute Gasteiger partial charge is 0.273 e. The molecule has 2 rings (SSSR count). The highest BCUT2D eigenvalue weighted by Crippen LogP contribution is 1.96. The fourth-order valence-electron chi connectivity index (χ4n) is 0.935. The Bertz CT molecular complexity index is 441. The van der Waals surface area contributed by atoms with Crippen LogP contribution in [0.5, 0.6) is 0 Å². The molecule has 11 heavy (non-hydrogen) atoms. The Morgan fingerprint density at radius 2 is 2.45 bits per heavy atom. The summed E-state index contributed by atoms with van der Waals surface area (Å²) >= 11 is 0. The minimum atomic E-state index is -0.143. The first kappa shape index (κ1) is 6.09. The fraction of sp³-hybridized carbons (Fsp3) is 0.167. The topological polar surface area (TPSA) is 63.1 Å². The monoisotopic (exact) mass is 150 g/mol. The molecule has 0 atom stereocenters. The third-order valence-corrected chi connectivity index (χ3v) is 1.49. The van der Waals surface area contributed by atoms with Crippen LogP contribution >= 0.6 is 0 Å². The third-order valence-electron chi connectivity index (χ3n) is 1.49. The van der Waals surface area contributed by atoms with E-state index in [9.17, 15) is 4.79 Å². The van der Waals surface area contributed by atoms with Gasteiger partial charge in [-0.3, -0.25) is 4.79 Å². The van der Waals surface area contributed by atoms with Gasteiger partial charge in [0.05, 0.1) is 0 Å². The maximum atomic E-state index is 11.0. The standard InChI is InChI=1S/C6H6N4O/c1-4-6-7-3-2-5(11)10(6)9-8-4/h2-3,9H,1H3. The van der Waals surface area contributed by atoms with Gasteiger partial charge in [-0.1, -0.05) is 0 Å². The quantitative estimate of drug-likeness (QED) is 0.562. The molecule has 0 saturated carbocycles. The zero-order valence-corrected chi connectivity index (χ0v) is 5.90. The van der Waals surface area contributed by atoms with Crippen molar-refractivity contribution in [2.24, 2.45) is 0 Å². The number of nitrogens with zero attached hydrogens (tertiary/aromatic N) is 3. The fourth-order valence-corrected chi connectivity index (χ4v) is 0.935. The highest BCUT2D eigenvalue weighted by molar-refractivity contribution is 5.39. The van der Waals surface area contributed by atoms with Crippen molar-refractivity contribution in [2.75, 3.05) is 0 Å². The number of H-pyrrole nitrogens is 1. The highest BCUT2D eigenvalue weighted by atomic mass is 16.1. The lowest BCUT2D eigenvalue weighted by molar-refractivity contribution is 0.816. The summed E-state index contributed by atoms with van der Waals surface area (Å²) in [5.41, 5.74) is 1.16. The van der Waals surface area contributed by atoms with Gasteiger partial charge < -0.3 is 0 Å². The Morgan fingerprint density at radius 1 is 1.64 bits per heavy atom. The van der Waals surface area contributed by atoms with Crippen molar-refractivity contribution >= 4 is 5.65 Å². The van der Waals surface area contributed by atoms with Crippen LogP contribution in [0.1, 0.15) is 5.69 Å². The first-order chi connectivity index (χ1) is 5.29. The van der Waals surface area contributed by atoms with Crippen LogP contribution in [0.15, 0.2) is 17.1 Å². The van der Waals surface area contributed by atoms with Crippen molar-refractivity contribution in [3.63, 3.8) is 0 Å². The lowest BCUT2D eigenvalue weighted by atomic mass is 10.5. The maximum Gasteiger partial charge on any atom is 0.273 e. The average Bonchev–Trinajstić information content (AvgIpc) is 2.35. The first-order valence-electron chi connectivity index (χ1n) is 3.18. The number of nitrogens with one attached hydrogen (secondary N) is 1. The molecule has 0 fully saturated rings. The lowest BCUT2D eigenvalue weighted by Crippen LogP contribution is -2.12. The normalized spacial score (nSPS) is 10.6. The van der Waals surface area contributed by atoms with Gasteiger partial charge in [-0.25, -0.2) is 10.2 Å². The van der Waals surface area contributed by atoms with Gasteiger partial charge in [0.15, 0.2) is 5.65 Å². The van der Waals surface area contributed by atoms with Gasteiger partial charge in [0, 0.05) is 12.3 Å². The van der Waals surface area contributed by atoms with E-state index in [4.69, 9.17) is 0 Å². The van der Waals surface area contributed by atoms with E-state index in [1.807, 2.05) is 0 Å². The number of hydrogen-bond acceptors (Lipinski definition) is 3. The van der Waals surface area contributed by atoms with Crippen molar-refractivity contribution in [3.8, 4) is 0 Å². The molecule has 1 N–H and O–H groups in total. The number of rotatable bonds is 0. The zero-order valence-electron chi connectivity index (χ0n) is 5.90. The van der Waals surface area contributed by atoms with Crippen LogP contribution < -0.4 is 5.56 Å². The summed E-state index contributed by atoms with van der Waals surface area (Å²) in [6.45, 7) is 1.79. The lowest BCUT2D eigenvalue weighted by Gasteiger charge is -1.86. The number of hydrogen-bond donors (Lipinski definition) is 1. The molecule has 0 bridgehead atoms. The molecule has 0 saturated heterocycles. The number of aromatic amines is 1. The molecule has 5 nitrogen and oxygen atoms in total. The van der Waals surface area contributed by atoms with Gasteiger partial charge in [-0.2, -0.15) is 9.61 Å². The molecule has 0 aliphatic carbocycles. The molecule has 2 aromatic heterocycles. The van der Waals surface area contributed by atoms with E-state index in [1.54, 1.807) is 6.92 Å². The van der Waals surface area contributed by atoms with Crippen LogP contribution in [-0.4, -0.2) is 19.8 Å². The molecular formula is C6H6N4O. The minimum absolute atomic E-state index is 0.143. The minimum Gasteiger partial charge on any atom is -0.267 e. The molecule has 56 valence electrons. The smallest absolute Gasteiger partial charge is 0.267 e. The van der Waals surface area contributed by atoms with Gasteiger partial charge in [-0.05, 0) is 6.92 Å². The number of fused-ring (bicyclic) bond motifs is 1. The van der Waals surface area contributed by atoms with Gasteiger partial charge in [0.1, 0.15) is 5.69 Å². The van der Waals surface area contributed by atoms with E-state index < -0.39 is 0 Å². The van der Waals surface area contributed by atoms with Gasteiger partial charge in [-0.15, -0.1) is 0 Å². The van der Waals surface area contributed by atoms with E-state index in [2.05, 4.69) is 15.3 Å². The molecule has 0 aromatic carbocycles. The second kappa shape index (κ2) is 1.91. The van der Waals surface area contributed by atoms with Crippen molar-refractivity contribution in [3.05, 3.63) is 28.3 Å². The second-order valence-electron chi connectivity index (χ2n) is 2.24. The summed E-state index contributed by atoms with van der Waals surface area (Å²) in [6.07, 6.45) is 1.47. The Balaban J connectivity index is 3.06. The van der Waals surface area contributed by atoms with Crippen LogP contribution in [0.4, 0.5) is 0 Å². The average molecular weight is 150 g/mol. The predicted molar refractivity (Wildman–Crippen MR) is 38.3 cm³/mol. The van der Waals surface area contributed by atoms with Crippen molar-refractivity contribution in [1.82, 2.24) is 19.8 Å². The van der Waals surface area contributed by atoms with Crippen LogP contribution in [-0.2, 0) is 0 Å². The van der Waals surface area contributed by atoms with E-state index in [0.717, 1.165) is 5.69 Å². The van der Waals surface area contributed by atoms with E-state index in [1.165, 1.54) is 16.8 Å². The van der Waals surface area contributed by atoms with Gasteiger partial charge in [0.2, 0.25) is 0 Å². The molecule has 0 radical (unpaired) electrons. The summed E-state index contributed by atoms with van der Waals surface area (Å²) in [7, 11) is 0. The van der Waals surface area contributed by atoms with E-state index in [0.29, 0.717) is 5.65 Å². The molecule has 0 amide bonds. The Kier molecular flexibility index (Phi) is 1.06. The van der Waals surface area contributed by atoms with Crippen LogP contribution in [0.3, 0.4) is 0 Å². The van der Waals surface area contributed by atoms with Crippen molar-refractivity contribution < 1.29 is 0 Å². The summed E-state index contributed by atoms with van der Waals surface area (Å²) in [6, 6.07) is 1.38. The van der Waals surface area contributed by atoms with Gasteiger partial charge in [0.25, 0.3) is 5.56 Å². The Hall–Kier alpha value is -1.65. The third kappa shape index (κ3) is 0.739. The molecule has 0 unspecified atom stereocenters. The summed E-state index contributed by atoms with van der Waals surface area (Å²) < 4.78 is 1.30. The molecule has 5 heteroatoms. The van der Waals surface area contributed by atoms with Crippen LogP contribution in [0.25, 0.3) is 5.65 Å². The molecule has 0 spiro atoms. The SMILES string of the molecule is Cc1n[nH]n2c(=O)ccnc12. The summed E-state index contributed by atoms with van der Waals surface area (Å²) in [4.78, 5) is 15.0. The second-order valence-corrected chi connectivity index (χ2v) is 2.24. The van der Waals surface area contributed by atoms with E-state index >= 15 is 0 Å². The summed E-state index contributed by atoms with van der Waals surface area (Å²) in [5, 5.41) is 6.38. The zero-order chi connectivity index (χ0) is 7.84. The van der Waals surface area contributed by atoms with Crippen LogP contribution in [0.2, 0.25) is 0 Å². The van der Waals surface area contributed by atoms with Gasteiger partial charge >= 0.3 is 0 Å². The highest BCUT2D eigenvalue weighted by Gasteiger charge is 2.00. The first-order valence-corrected chi connectivity index (χ1v) is 3.18. The molecule has 0 aliphatic heterocycles. The molecule has 2 aromatic rings. The molecular weight excluding hydrogens is 144 g/mol. The number of aromatic nitrogens is 4. The van der Waals surface area contributed by atoms with Crippen molar-refractivity contribution in [1.29, 1.82) is 0 Å². The van der Waals surface area contributed by atoms with E-state index in [-0.39, 0.29) is 5.56 Å². The molecule has 0 aliphatic rings. The Labute approximate surface area is 61.7 Å². The predicted octanol–water partition coefficient (Wildman–Crippen LogP) is -0.274.